The highest BCUT2D eigenvalue weighted by Crippen LogP contribution is 2.11. The Morgan fingerprint density at radius 1 is 1.53 bits per heavy atom. The van der Waals surface area contributed by atoms with Crippen molar-refractivity contribution in [1.29, 1.82) is 0 Å². The summed E-state index contributed by atoms with van der Waals surface area (Å²) in [4.78, 5) is 2.28. The summed E-state index contributed by atoms with van der Waals surface area (Å²) in [6, 6.07) is 4.02. The molecule has 1 aromatic heterocycles. The Labute approximate surface area is 101 Å². The van der Waals surface area contributed by atoms with Crippen molar-refractivity contribution < 1.29 is 9.47 Å². The number of rotatable bonds is 4. The molecule has 1 saturated heterocycles. The fraction of sp³-hybridized carbons (Fsp3) is 0.636. The Balaban J connectivity index is 1.98. The molecule has 1 unspecified atom stereocenters. The molecule has 94 valence electrons. The largest absolute Gasteiger partial charge is 0.480 e. The van der Waals surface area contributed by atoms with Crippen molar-refractivity contribution in [2.45, 2.75) is 12.6 Å². The molecule has 2 heterocycles. The van der Waals surface area contributed by atoms with Gasteiger partial charge in [0.2, 0.25) is 5.88 Å². The van der Waals surface area contributed by atoms with Crippen molar-refractivity contribution in [1.82, 2.24) is 15.1 Å². The summed E-state index contributed by atoms with van der Waals surface area (Å²) in [5.74, 6) is 0.533. The van der Waals surface area contributed by atoms with E-state index in [4.69, 9.17) is 15.2 Å². The third-order valence-corrected chi connectivity index (χ3v) is 2.89. The molecule has 1 fully saturated rings. The molecule has 2 rings (SSSR count). The lowest BCUT2D eigenvalue weighted by Gasteiger charge is -2.34. The SMILES string of the molecule is COc1ccc(CN2CCOCC2CN)nn1. The molecule has 1 atom stereocenters. The van der Waals surface area contributed by atoms with Gasteiger partial charge in [0.15, 0.2) is 0 Å². The molecular weight excluding hydrogens is 220 g/mol. The number of ether oxygens (including phenoxy) is 2. The van der Waals surface area contributed by atoms with Crippen LogP contribution in [0.5, 0.6) is 5.88 Å². The maximum absolute atomic E-state index is 5.72. The molecule has 6 heteroatoms. The van der Waals surface area contributed by atoms with Gasteiger partial charge in [0.05, 0.1) is 26.0 Å². The number of methoxy groups -OCH3 is 1. The first kappa shape index (κ1) is 12.2. The van der Waals surface area contributed by atoms with Crippen molar-refractivity contribution in [3.05, 3.63) is 17.8 Å². The van der Waals surface area contributed by atoms with Crippen LogP contribution in [0.1, 0.15) is 5.69 Å². The van der Waals surface area contributed by atoms with Gasteiger partial charge in [-0.1, -0.05) is 0 Å². The normalized spacial score (nSPS) is 21.4. The smallest absolute Gasteiger partial charge is 0.233 e. The van der Waals surface area contributed by atoms with Crippen LogP contribution < -0.4 is 10.5 Å². The highest BCUT2D eigenvalue weighted by Gasteiger charge is 2.22. The molecule has 0 aliphatic carbocycles. The maximum Gasteiger partial charge on any atom is 0.233 e. The Morgan fingerprint density at radius 3 is 3.06 bits per heavy atom. The van der Waals surface area contributed by atoms with E-state index in [0.717, 1.165) is 25.4 Å². The lowest BCUT2D eigenvalue weighted by Crippen LogP contribution is -2.48. The first-order chi connectivity index (χ1) is 8.33. The van der Waals surface area contributed by atoms with Gasteiger partial charge in [-0.05, 0) is 6.07 Å². The van der Waals surface area contributed by atoms with Crippen molar-refractivity contribution in [3.8, 4) is 5.88 Å². The number of morpholine rings is 1. The van der Waals surface area contributed by atoms with E-state index in [9.17, 15) is 0 Å². The summed E-state index contributed by atoms with van der Waals surface area (Å²) >= 11 is 0. The first-order valence-electron chi connectivity index (χ1n) is 5.72. The van der Waals surface area contributed by atoms with E-state index in [1.54, 1.807) is 7.11 Å². The zero-order valence-electron chi connectivity index (χ0n) is 10.0. The van der Waals surface area contributed by atoms with E-state index in [-0.39, 0.29) is 6.04 Å². The predicted octanol–water partition coefficient (Wildman–Crippen LogP) is -0.355. The van der Waals surface area contributed by atoms with Crippen LogP contribution in [0.25, 0.3) is 0 Å². The molecule has 0 aromatic carbocycles. The highest BCUT2D eigenvalue weighted by atomic mass is 16.5. The minimum atomic E-state index is 0.271. The van der Waals surface area contributed by atoms with E-state index in [1.807, 2.05) is 12.1 Å². The molecule has 0 bridgehead atoms. The van der Waals surface area contributed by atoms with Gasteiger partial charge in [-0.25, -0.2) is 0 Å². The molecule has 1 aliphatic rings. The zero-order chi connectivity index (χ0) is 12.1. The van der Waals surface area contributed by atoms with Gasteiger partial charge in [-0.2, -0.15) is 5.10 Å². The second-order valence-corrected chi connectivity index (χ2v) is 4.00. The molecule has 6 nitrogen and oxygen atoms in total. The number of hydrogen-bond acceptors (Lipinski definition) is 6. The summed E-state index contributed by atoms with van der Waals surface area (Å²) in [7, 11) is 1.58. The van der Waals surface area contributed by atoms with Crippen molar-refractivity contribution in [2.24, 2.45) is 5.73 Å². The van der Waals surface area contributed by atoms with E-state index >= 15 is 0 Å². The van der Waals surface area contributed by atoms with E-state index in [2.05, 4.69) is 15.1 Å². The summed E-state index contributed by atoms with van der Waals surface area (Å²) in [6.07, 6.45) is 0. The van der Waals surface area contributed by atoms with Gasteiger partial charge >= 0.3 is 0 Å². The summed E-state index contributed by atoms with van der Waals surface area (Å²) in [5.41, 5.74) is 6.64. The molecule has 2 N–H and O–H groups in total. The monoisotopic (exact) mass is 238 g/mol. The van der Waals surface area contributed by atoms with Crippen LogP contribution in [-0.2, 0) is 11.3 Å². The van der Waals surface area contributed by atoms with E-state index in [0.29, 0.717) is 19.0 Å². The van der Waals surface area contributed by atoms with Gasteiger partial charge in [-0.3, -0.25) is 4.90 Å². The number of nitrogens with two attached hydrogens (primary N) is 1. The number of aromatic nitrogens is 2. The highest BCUT2D eigenvalue weighted by molar-refractivity contribution is 5.11. The molecule has 1 aromatic rings. The fourth-order valence-corrected chi connectivity index (χ4v) is 1.86. The summed E-state index contributed by atoms with van der Waals surface area (Å²) in [6.45, 7) is 3.68. The molecular formula is C11H18N4O2. The van der Waals surface area contributed by atoms with Gasteiger partial charge in [0, 0.05) is 31.7 Å². The minimum absolute atomic E-state index is 0.271. The summed E-state index contributed by atoms with van der Waals surface area (Å²) < 4.78 is 10.4. The van der Waals surface area contributed by atoms with Crippen LogP contribution in [0.15, 0.2) is 12.1 Å². The number of hydrogen-bond donors (Lipinski definition) is 1. The van der Waals surface area contributed by atoms with Crippen LogP contribution in [-0.4, -0.2) is 54.6 Å². The van der Waals surface area contributed by atoms with Crippen LogP contribution >= 0.6 is 0 Å². The Bertz CT molecular complexity index is 344. The van der Waals surface area contributed by atoms with Gasteiger partial charge in [-0.15, -0.1) is 5.10 Å². The van der Waals surface area contributed by atoms with E-state index < -0.39 is 0 Å². The third-order valence-electron chi connectivity index (χ3n) is 2.89. The van der Waals surface area contributed by atoms with Crippen LogP contribution in [0, 0.1) is 0 Å². The Kier molecular flexibility index (Phi) is 4.24. The fourth-order valence-electron chi connectivity index (χ4n) is 1.86. The molecule has 0 saturated carbocycles. The second-order valence-electron chi connectivity index (χ2n) is 4.00. The van der Waals surface area contributed by atoms with Crippen LogP contribution in [0.3, 0.4) is 0 Å². The quantitative estimate of drug-likeness (QED) is 0.772. The molecule has 17 heavy (non-hydrogen) atoms. The van der Waals surface area contributed by atoms with Crippen molar-refractivity contribution >= 4 is 0 Å². The number of nitrogens with zero attached hydrogens (tertiary/aromatic N) is 3. The lowest BCUT2D eigenvalue weighted by atomic mass is 10.2. The molecule has 0 spiro atoms. The van der Waals surface area contributed by atoms with E-state index in [1.165, 1.54) is 0 Å². The second kappa shape index (κ2) is 5.90. The van der Waals surface area contributed by atoms with Gasteiger partial charge < -0.3 is 15.2 Å². The first-order valence-corrected chi connectivity index (χ1v) is 5.72. The topological polar surface area (TPSA) is 73.5 Å². The maximum atomic E-state index is 5.72. The average Bonchev–Trinajstić information content (AvgIpc) is 2.40. The summed E-state index contributed by atoms with van der Waals surface area (Å²) in [5, 5.41) is 8.07. The third kappa shape index (κ3) is 3.12. The zero-order valence-corrected chi connectivity index (χ0v) is 10.0. The van der Waals surface area contributed by atoms with Crippen molar-refractivity contribution in [3.63, 3.8) is 0 Å². The van der Waals surface area contributed by atoms with Gasteiger partial charge in [0.25, 0.3) is 0 Å². The minimum Gasteiger partial charge on any atom is -0.480 e. The molecule has 0 amide bonds. The van der Waals surface area contributed by atoms with Crippen LogP contribution in [0.2, 0.25) is 0 Å². The Hall–Kier alpha value is -1.24. The van der Waals surface area contributed by atoms with Gasteiger partial charge in [0.1, 0.15) is 0 Å². The standard InChI is InChI=1S/C11H18N4O2/c1-16-11-3-2-9(13-14-11)7-15-4-5-17-8-10(15)6-12/h2-3,10H,4-8,12H2,1H3. The van der Waals surface area contributed by atoms with Crippen molar-refractivity contribution in [2.75, 3.05) is 33.4 Å². The molecule has 1 aliphatic heterocycles. The molecule has 0 radical (unpaired) electrons. The average molecular weight is 238 g/mol. The lowest BCUT2D eigenvalue weighted by molar-refractivity contribution is -0.00858. The van der Waals surface area contributed by atoms with Crippen LogP contribution in [0.4, 0.5) is 0 Å². The Morgan fingerprint density at radius 2 is 2.41 bits per heavy atom. The predicted molar refractivity (Wildman–Crippen MR) is 62.7 cm³/mol.